The Morgan fingerprint density at radius 2 is 1.90 bits per heavy atom. The summed E-state index contributed by atoms with van der Waals surface area (Å²) in [7, 11) is -3.98. The lowest BCUT2D eigenvalue weighted by molar-refractivity contribution is 0.0696. The van der Waals surface area contributed by atoms with Gasteiger partial charge in [0.2, 0.25) is 0 Å². The minimum Gasteiger partial charge on any atom is -0.478 e. The summed E-state index contributed by atoms with van der Waals surface area (Å²) in [5.74, 6) is -1.22. The molecule has 0 bridgehead atoms. The van der Waals surface area contributed by atoms with Crippen molar-refractivity contribution < 1.29 is 18.3 Å². The summed E-state index contributed by atoms with van der Waals surface area (Å²) in [6, 6.07) is 2.27. The summed E-state index contributed by atoms with van der Waals surface area (Å²) in [6.07, 6.45) is 3.31. The molecule has 0 aliphatic heterocycles. The largest absolute Gasteiger partial charge is 0.478 e. The third-order valence-electron chi connectivity index (χ3n) is 2.32. The number of nitrogens with one attached hydrogen (secondary N) is 1. The van der Waals surface area contributed by atoms with Gasteiger partial charge in [-0.15, -0.1) is 0 Å². The lowest BCUT2D eigenvalue weighted by atomic mass is 10.3. The Hall–Kier alpha value is -1.90. The van der Waals surface area contributed by atoms with Crippen LogP contribution in [0.25, 0.3) is 0 Å². The third kappa shape index (κ3) is 3.60. The zero-order valence-corrected chi connectivity index (χ0v) is 12.4. The van der Waals surface area contributed by atoms with Crippen molar-refractivity contribution in [2.75, 3.05) is 4.72 Å². The number of aromatic nitrogens is 2. The third-order valence-corrected chi connectivity index (χ3v) is 4.35. The van der Waals surface area contributed by atoms with Crippen molar-refractivity contribution in [2.24, 2.45) is 0 Å². The summed E-state index contributed by atoms with van der Waals surface area (Å²) in [5, 5.41) is 8.79. The molecule has 2 heterocycles. The number of carbonyl (C=O) groups is 1. The van der Waals surface area contributed by atoms with Gasteiger partial charge in [-0.05, 0) is 12.1 Å². The molecule has 0 aliphatic carbocycles. The normalized spacial score (nSPS) is 11.1. The summed E-state index contributed by atoms with van der Waals surface area (Å²) in [6.45, 7) is 0. The quantitative estimate of drug-likeness (QED) is 0.821. The fraction of sp³-hybridized carbons (Fsp3) is 0. The predicted octanol–water partition coefficient (Wildman–Crippen LogP) is 2.28. The van der Waals surface area contributed by atoms with Crippen LogP contribution in [0.2, 0.25) is 10.2 Å². The van der Waals surface area contributed by atoms with E-state index < -0.39 is 16.0 Å². The number of sulfonamides is 1. The van der Waals surface area contributed by atoms with Crippen molar-refractivity contribution in [3.63, 3.8) is 0 Å². The second-order valence-corrected chi connectivity index (χ2v) is 6.26. The van der Waals surface area contributed by atoms with Gasteiger partial charge in [-0.2, -0.15) is 0 Å². The average Bonchev–Trinajstić information content (AvgIpc) is 2.41. The number of carboxylic acid groups (broad SMARTS) is 1. The van der Waals surface area contributed by atoms with Gasteiger partial charge in [0.1, 0.15) is 10.0 Å². The van der Waals surface area contributed by atoms with E-state index in [-0.39, 0.29) is 26.3 Å². The van der Waals surface area contributed by atoms with Gasteiger partial charge in [0.25, 0.3) is 10.0 Å². The molecular weight excluding hydrogens is 341 g/mol. The fourth-order valence-electron chi connectivity index (χ4n) is 1.38. The molecule has 21 heavy (non-hydrogen) atoms. The van der Waals surface area contributed by atoms with Crippen LogP contribution in [-0.4, -0.2) is 29.5 Å². The van der Waals surface area contributed by atoms with Crippen molar-refractivity contribution in [3.05, 3.63) is 46.5 Å². The number of halogens is 2. The number of hydrogen-bond acceptors (Lipinski definition) is 5. The molecule has 0 aromatic carbocycles. The van der Waals surface area contributed by atoms with E-state index in [0.29, 0.717) is 0 Å². The van der Waals surface area contributed by atoms with Gasteiger partial charge in [-0.3, -0.25) is 9.71 Å². The van der Waals surface area contributed by atoms with E-state index in [4.69, 9.17) is 28.3 Å². The Morgan fingerprint density at radius 1 is 1.19 bits per heavy atom. The van der Waals surface area contributed by atoms with Crippen LogP contribution in [0.3, 0.4) is 0 Å². The smallest absolute Gasteiger partial charge is 0.337 e. The molecule has 110 valence electrons. The Labute approximate surface area is 129 Å². The minimum atomic E-state index is -3.98. The predicted molar refractivity (Wildman–Crippen MR) is 76.3 cm³/mol. The lowest BCUT2D eigenvalue weighted by Gasteiger charge is -2.08. The SMILES string of the molecule is O=C(O)c1cncc(NS(=O)(=O)c2cnc(Cl)c(Cl)c2)c1. The number of rotatable bonds is 4. The number of anilines is 1. The van der Waals surface area contributed by atoms with Crippen LogP contribution in [0, 0.1) is 0 Å². The first-order valence-corrected chi connectivity index (χ1v) is 7.56. The van der Waals surface area contributed by atoms with Gasteiger partial charge in [-0.1, -0.05) is 23.2 Å². The number of aromatic carboxylic acids is 1. The topological polar surface area (TPSA) is 109 Å². The Balaban J connectivity index is 2.35. The maximum absolute atomic E-state index is 12.1. The molecule has 7 nitrogen and oxygen atoms in total. The van der Waals surface area contributed by atoms with Gasteiger partial charge >= 0.3 is 5.97 Å². The number of nitrogens with zero attached hydrogens (tertiary/aromatic N) is 2. The molecule has 0 saturated carbocycles. The highest BCUT2D eigenvalue weighted by Gasteiger charge is 2.17. The number of hydrogen-bond donors (Lipinski definition) is 2. The molecule has 0 radical (unpaired) electrons. The zero-order valence-electron chi connectivity index (χ0n) is 10.1. The maximum Gasteiger partial charge on any atom is 0.337 e. The number of pyridine rings is 2. The first kappa shape index (κ1) is 15.5. The average molecular weight is 348 g/mol. The molecule has 0 unspecified atom stereocenters. The van der Waals surface area contributed by atoms with Crippen molar-refractivity contribution in [2.45, 2.75) is 4.90 Å². The first-order chi connectivity index (χ1) is 9.79. The molecule has 0 saturated heterocycles. The van der Waals surface area contributed by atoms with Gasteiger partial charge in [-0.25, -0.2) is 18.2 Å². The van der Waals surface area contributed by atoms with E-state index in [2.05, 4.69) is 14.7 Å². The van der Waals surface area contributed by atoms with Gasteiger partial charge in [0.15, 0.2) is 0 Å². The molecule has 2 N–H and O–H groups in total. The van der Waals surface area contributed by atoms with Gasteiger partial charge < -0.3 is 5.11 Å². The molecule has 0 aliphatic rings. The van der Waals surface area contributed by atoms with Crippen molar-refractivity contribution in [1.29, 1.82) is 0 Å². The first-order valence-electron chi connectivity index (χ1n) is 5.32. The summed E-state index contributed by atoms with van der Waals surface area (Å²) >= 11 is 11.3. The molecule has 2 aromatic rings. The van der Waals surface area contributed by atoms with E-state index in [1.54, 1.807) is 0 Å². The number of carboxylic acids is 1. The van der Waals surface area contributed by atoms with Crippen molar-refractivity contribution in [3.8, 4) is 0 Å². The van der Waals surface area contributed by atoms with Crippen LogP contribution in [0.4, 0.5) is 5.69 Å². The van der Waals surface area contributed by atoms with E-state index in [9.17, 15) is 13.2 Å². The molecular formula is C11H7Cl2N3O4S. The van der Waals surface area contributed by atoms with Crippen molar-refractivity contribution >= 4 is 44.9 Å². The molecule has 0 atom stereocenters. The second-order valence-electron chi connectivity index (χ2n) is 3.82. The molecule has 0 spiro atoms. The Morgan fingerprint density at radius 3 is 2.52 bits per heavy atom. The molecule has 0 amide bonds. The summed E-state index contributed by atoms with van der Waals surface area (Å²) in [5.41, 5.74) is -0.150. The highest BCUT2D eigenvalue weighted by Crippen LogP contribution is 2.23. The van der Waals surface area contributed by atoms with Crippen LogP contribution < -0.4 is 4.72 Å². The molecule has 10 heteroatoms. The molecule has 2 aromatic heterocycles. The summed E-state index contributed by atoms with van der Waals surface area (Å²) in [4.78, 5) is 17.9. The van der Waals surface area contributed by atoms with Crippen LogP contribution in [0.15, 0.2) is 35.6 Å². The van der Waals surface area contributed by atoms with Crippen LogP contribution in [0.1, 0.15) is 10.4 Å². The van der Waals surface area contributed by atoms with Crippen molar-refractivity contribution in [1.82, 2.24) is 9.97 Å². The molecule has 0 fully saturated rings. The van der Waals surface area contributed by atoms with Crippen LogP contribution >= 0.6 is 23.2 Å². The highest BCUT2D eigenvalue weighted by atomic mass is 35.5. The monoisotopic (exact) mass is 347 g/mol. The van der Waals surface area contributed by atoms with Gasteiger partial charge in [0, 0.05) is 12.4 Å². The molecule has 2 rings (SSSR count). The van der Waals surface area contributed by atoms with Crippen LogP contribution in [-0.2, 0) is 10.0 Å². The van der Waals surface area contributed by atoms with E-state index in [1.165, 1.54) is 6.20 Å². The van der Waals surface area contributed by atoms with E-state index >= 15 is 0 Å². The minimum absolute atomic E-state index is 0.000900. The van der Waals surface area contributed by atoms with Gasteiger partial charge in [0.05, 0.1) is 22.5 Å². The van der Waals surface area contributed by atoms with Crippen LogP contribution in [0.5, 0.6) is 0 Å². The Bertz CT molecular complexity index is 811. The lowest BCUT2D eigenvalue weighted by Crippen LogP contribution is -2.14. The highest BCUT2D eigenvalue weighted by molar-refractivity contribution is 7.92. The van der Waals surface area contributed by atoms with E-state index in [1.807, 2.05) is 0 Å². The Kier molecular flexibility index (Phi) is 4.31. The summed E-state index contributed by atoms with van der Waals surface area (Å²) < 4.78 is 26.4. The zero-order chi connectivity index (χ0) is 15.6. The second kappa shape index (κ2) is 5.84. The van der Waals surface area contributed by atoms with E-state index in [0.717, 1.165) is 24.5 Å². The maximum atomic E-state index is 12.1. The standard InChI is InChI=1S/C11H7Cl2N3O4S/c12-9-2-8(5-15-10(9)13)21(19,20)16-7-1-6(11(17)18)3-14-4-7/h1-5,16H,(H,17,18). The fourth-order valence-corrected chi connectivity index (χ4v) is 2.72.